The smallest absolute Gasteiger partial charge is 0.322 e. The van der Waals surface area contributed by atoms with Crippen LogP contribution in [0.15, 0.2) is 0 Å². The Kier molecular flexibility index (Phi) is 3.29. The van der Waals surface area contributed by atoms with Gasteiger partial charge in [-0.05, 0) is 50.5 Å². The SMILES string of the molecule is COC(=O)C(C)NCC1CC2CCC1C2. The molecule has 0 radical (unpaired) electrons. The van der Waals surface area contributed by atoms with Gasteiger partial charge >= 0.3 is 5.97 Å². The van der Waals surface area contributed by atoms with Crippen molar-refractivity contribution in [1.82, 2.24) is 5.32 Å². The minimum absolute atomic E-state index is 0.154. The Morgan fingerprint density at radius 2 is 2.27 bits per heavy atom. The summed E-state index contributed by atoms with van der Waals surface area (Å²) in [5.74, 6) is 2.55. The average molecular weight is 211 g/mol. The van der Waals surface area contributed by atoms with Gasteiger partial charge in [0.2, 0.25) is 0 Å². The Balaban J connectivity index is 1.72. The molecule has 2 bridgehead atoms. The van der Waals surface area contributed by atoms with Crippen molar-refractivity contribution in [3.05, 3.63) is 0 Å². The molecule has 2 aliphatic rings. The molecular formula is C12H21NO2. The van der Waals surface area contributed by atoms with E-state index >= 15 is 0 Å². The van der Waals surface area contributed by atoms with E-state index in [2.05, 4.69) is 10.1 Å². The fourth-order valence-electron chi connectivity index (χ4n) is 3.21. The number of nitrogens with one attached hydrogen (secondary N) is 1. The Hall–Kier alpha value is -0.570. The number of esters is 1. The first kappa shape index (κ1) is 10.9. The second kappa shape index (κ2) is 4.52. The highest BCUT2D eigenvalue weighted by molar-refractivity contribution is 5.75. The van der Waals surface area contributed by atoms with E-state index in [-0.39, 0.29) is 12.0 Å². The van der Waals surface area contributed by atoms with Crippen LogP contribution in [0.3, 0.4) is 0 Å². The Morgan fingerprint density at radius 1 is 1.47 bits per heavy atom. The molecule has 0 aromatic carbocycles. The lowest BCUT2D eigenvalue weighted by atomic mass is 9.89. The van der Waals surface area contributed by atoms with Crippen molar-refractivity contribution in [2.75, 3.05) is 13.7 Å². The topological polar surface area (TPSA) is 38.3 Å². The number of fused-ring (bicyclic) bond motifs is 2. The fraction of sp³-hybridized carbons (Fsp3) is 0.917. The molecule has 0 aromatic heterocycles. The summed E-state index contributed by atoms with van der Waals surface area (Å²) in [4.78, 5) is 11.2. The minimum atomic E-state index is -0.158. The third-order valence-electron chi connectivity index (χ3n) is 4.13. The van der Waals surface area contributed by atoms with Gasteiger partial charge in [-0.2, -0.15) is 0 Å². The van der Waals surface area contributed by atoms with Crippen LogP contribution in [0.4, 0.5) is 0 Å². The predicted molar refractivity (Wildman–Crippen MR) is 58.4 cm³/mol. The molecule has 4 unspecified atom stereocenters. The van der Waals surface area contributed by atoms with E-state index in [9.17, 15) is 4.79 Å². The van der Waals surface area contributed by atoms with E-state index in [1.165, 1.54) is 32.8 Å². The summed E-state index contributed by atoms with van der Waals surface area (Å²) in [6.45, 7) is 2.86. The fourth-order valence-corrected chi connectivity index (χ4v) is 3.21. The number of hydrogen-bond donors (Lipinski definition) is 1. The predicted octanol–water partition coefficient (Wildman–Crippen LogP) is 1.57. The van der Waals surface area contributed by atoms with Gasteiger partial charge in [-0.3, -0.25) is 4.79 Å². The lowest BCUT2D eigenvalue weighted by Crippen LogP contribution is -2.38. The van der Waals surface area contributed by atoms with Crippen molar-refractivity contribution in [3.63, 3.8) is 0 Å². The summed E-state index contributed by atoms with van der Waals surface area (Å²) in [5.41, 5.74) is 0. The highest BCUT2D eigenvalue weighted by atomic mass is 16.5. The summed E-state index contributed by atoms with van der Waals surface area (Å²) >= 11 is 0. The lowest BCUT2D eigenvalue weighted by molar-refractivity contribution is -0.142. The molecule has 15 heavy (non-hydrogen) atoms. The Bertz CT molecular complexity index is 242. The monoisotopic (exact) mass is 211 g/mol. The van der Waals surface area contributed by atoms with Crippen molar-refractivity contribution in [2.24, 2.45) is 17.8 Å². The zero-order valence-electron chi connectivity index (χ0n) is 9.66. The molecule has 1 N–H and O–H groups in total. The Labute approximate surface area is 91.6 Å². The van der Waals surface area contributed by atoms with Crippen LogP contribution in [-0.4, -0.2) is 25.7 Å². The quantitative estimate of drug-likeness (QED) is 0.717. The van der Waals surface area contributed by atoms with Crippen molar-refractivity contribution >= 4 is 5.97 Å². The maximum Gasteiger partial charge on any atom is 0.322 e. The first-order valence-electron chi connectivity index (χ1n) is 6.02. The second-order valence-corrected chi connectivity index (χ2v) is 5.09. The number of rotatable bonds is 4. The van der Waals surface area contributed by atoms with Crippen LogP contribution in [0, 0.1) is 17.8 Å². The van der Waals surface area contributed by atoms with Crippen LogP contribution in [0.2, 0.25) is 0 Å². The van der Waals surface area contributed by atoms with E-state index in [1.54, 1.807) is 0 Å². The van der Waals surface area contributed by atoms with Crippen LogP contribution >= 0.6 is 0 Å². The number of methoxy groups -OCH3 is 1. The highest BCUT2D eigenvalue weighted by Crippen LogP contribution is 2.47. The third kappa shape index (κ3) is 2.33. The molecular weight excluding hydrogens is 190 g/mol. The Morgan fingerprint density at radius 3 is 2.80 bits per heavy atom. The highest BCUT2D eigenvalue weighted by Gasteiger charge is 2.39. The van der Waals surface area contributed by atoms with Crippen LogP contribution in [0.5, 0.6) is 0 Å². The molecule has 4 atom stereocenters. The molecule has 2 saturated carbocycles. The molecule has 0 amide bonds. The van der Waals surface area contributed by atoms with E-state index in [0.717, 1.165) is 24.3 Å². The molecule has 3 nitrogen and oxygen atoms in total. The molecule has 2 rings (SSSR count). The summed E-state index contributed by atoms with van der Waals surface area (Å²) in [7, 11) is 1.44. The second-order valence-electron chi connectivity index (χ2n) is 5.09. The standard InChI is InChI=1S/C12H21NO2/c1-8(12(14)15-2)13-7-11-6-9-3-4-10(11)5-9/h8-11,13H,3-7H2,1-2H3. The van der Waals surface area contributed by atoms with Gasteiger partial charge in [0.1, 0.15) is 6.04 Å². The van der Waals surface area contributed by atoms with E-state index in [0.29, 0.717) is 0 Å². The molecule has 0 heterocycles. The van der Waals surface area contributed by atoms with Gasteiger partial charge in [-0.15, -0.1) is 0 Å². The van der Waals surface area contributed by atoms with Gasteiger partial charge in [0, 0.05) is 0 Å². The van der Waals surface area contributed by atoms with E-state index in [1.807, 2.05) is 6.92 Å². The number of ether oxygens (including phenoxy) is 1. The maximum absolute atomic E-state index is 11.2. The number of hydrogen-bond acceptors (Lipinski definition) is 3. The lowest BCUT2D eigenvalue weighted by Gasteiger charge is -2.23. The van der Waals surface area contributed by atoms with E-state index in [4.69, 9.17) is 0 Å². The summed E-state index contributed by atoms with van der Waals surface area (Å²) in [6, 6.07) is -0.158. The minimum Gasteiger partial charge on any atom is -0.468 e. The first-order valence-corrected chi connectivity index (χ1v) is 6.02. The van der Waals surface area contributed by atoms with Crippen LogP contribution in [0.25, 0.3) is 0 Å². The van der Waals surface area contributed by atoms with Gasteiger partial charge in [-0.25, -0.2) is 0 Å². The average Bonchev–Trinajstić information content (AvgIpc) is 2.86. The molecule has 3 heteroatoms. The van der Waals surface area contributed by atoms with Crippen molar-refractivity contribution in [1.29, 1.82) is 0 Å². The van der Waals surface area contributed by atoms with Crippen molar-refractivity contribution < 1.29 is 9.53 Å². The van der Waals surface area contributed by atoms with Gasteiger partial charge in [0.25, 0.3) is 0 Å². The molecule has 2 fully saturated rings. The van der Waals surface area contributed by atoms with Gasteiger partial charge in [0.05, 0.1) is 7.11 Å². The molecule has 0 saturated heterocycles. The van der Waals surface area contributed by atoms with E-state index < -0.39 is 0 Å². The first-order chi connectivity index (χ1) is 7.20. The van der Waals surface area contributed by atoms with Crippen molar-refractivity contribution in [2.45, 2.75) is 38.6 Å². The zero-order chi connectivity index (χ0) is 10.8. The molecule has 2 aliphatic carbocycles. The largest absolute Gasteiger partial charge is 0.468 e. The van der Waals surface area contributed by atoms with Gasteiger partial charge in [0.15, 0.2) is 0 Å². The molecule has 86 valence electrons. The van der Waals surface area contributed by atoms with Crippen molar-refractivity contribution in [3.8, 4) is 0 Å². The number of carbonyl (C=O) groups excluding carboxylic acids is 1. The maximum atomic E-state index is 11.2. The summed E-state index contributed by atoms with van der Waals surface area (Å²) in [6.07, 6.45) is 5.64. The van der Waals surface area contributed by atoms with Crippen LogP contribution in [-0.2, 0) is 9.53 Å². The molecule has 0 aromatic rings. The zero-order valence-corrected chi connectivity index (χ0v) is 9.66. The van der Waals surface area contributed by atoms with Gasteiger partial charge in [-0.1, -0.05) is 6.42 Å². The summed E-state index contributed by atoms with van der Waals surface area (Å²) in [5, 5.41) is 3.29. The van der Waals surface area contributed by atoms with Crippen LogP contribution < -0.4 is 5.32 Å². The van der Waals surface area contributed by atoms with Crippen LogP contribution in [0.1, 0.15) is 32.6 Å². The third-order valence-corrected chi connectivity index (χ3v) is 4.13. The molecule has 0 aliphatic heterocycles. The molecule has 0 spiro atoms. The normalized spacial score (nSPS) is 35.5. The number of carbonyl (C=O) groups is 1. The summed E-state index contributed by atoms with van der Waals surface area (Å²) < 4.78 is 4.69. The van der Waals surface area contributed by atoms with Gasteiger partial charge < -0.3 is 10.1 Å².